The second kappa shape index (κ2) is 8.88. The Morgan fingerprint density at radius 3 is 2.71 bits per heavy atom. The Labute approximate surface area is 182 Å². The average Bonchev–Trinajstić information content (AvgIpc) is 2.82. The van der Waals surface area contributed by atoms with Gasteiger partial charge in [0.2, 0.25) is 0 Å². The van der Waals surface area contributed by atoms with E-state index < -0.39 is 0 Å². The first kappa shape index (κ1) is 21.0. The highest BCUT2D eigenvalue weighted by Gasteiger charge is 2.38. The van der Waals surface area contributed by atoms with Gasteiger partial charge < -0.3 is 24.6 Å². The number of benzene rings is 2. The molecule has 7 nitrogen and oxygen atoms in total. The van der Waals surface area contributed by atoms with Crippen molar-refractivity contribution in [2.75, 3.05) is 32.2 Å². The number of piperidine rings is 1. The molecule has 7 heteroatoms. The molecule has 0 saturated carbocycles. The van der Waals surface area contributed by atoms with Gasteiger partial charge in [0.05, 0.1) is 25.5 Å². The molecule has 2 aromatic carbocycles. The van der Waals surface area contributed by atoms with Crippen LogP contribution in [0.1, 0.15) is 52.5 Å². The van der Waals surface area contributed by atoms with E-state index in [0.29, 0.717) is 29.2 Å². The van der Waals surface area contributed by atoms with Crippen LogP contribution in [0.25, 0.3) is 0 Å². The maximum absolute atomic E-state index is 13.0. The van der Waals surface area contributed by atoms with Gasteiger partial charge in [-0.25, -0.2) is 0 Å². The Morgan fingerprint density at radius 2 is 1.97 bits per heavy atom. The molecule has 1 saturated heterocycles. The Bertz CT molecular complexity index is 991. The standard InChI is InChI=1S/C24H29N3O4/c1-4-26-20-14-16(8-10-19(20)24(29)27-12-6-5-7-22(26)27)23(28)25-15-17-13-18(30-2)9-11-21(17)31-3/h8-11,13-14,22H,4-7,12,15H2,1-3H3,(H,25,28)/t22-/m0/s1. The number of hydrogen-bond donors (Lipinski definition) is 1. The van der Waals surface area contributed by atoms with Crippen LogP contribution in [-0.2, 0) is 6.54 Å². The lowest BCUT2D eigenvalue weighted by Gasteiger charge is -2.47. The van der Waals surface area contributed by atoms with E-state index in [1.807, 2.05) is 29.2 Å². The number of amides is 2. The van der Waals surface area contributed by atoms with Crippen molar-refractivity contribution in [3.8, 4) is 11.5 Å². The van der Waals surface area contributed by atoms with E-state index in [1.54, 1.807) is 26.4 Å². The van der Waals surface area contributed by atoms with E-state index >= 15 is 0 Å². The summed E-state index contributed by atoms with van der Waals surface area (Å²) in [4.78, 5) is 30.2. The number of ether oxygens (including phenoxy) is 2. The zero-order valence-electron chi connectivity index (χ0n) is 18.3. The van der Waals surface area contributed by atoms with Gasteiger partial charge in [-0.3, -0.25) is 9.59 Å². The maximum Gasteiger partial charge on any atom is 0.257 e. The Hall–Kier alpha value is -3.22. The molecule has 1 N–H and O–H groups in total. The van der Waals surface area contributed by atoms with Crippen molar-refractivity contribution in [2.24, 2.45) is 0 Å². The number of rotatable bonds is 6. The second-order valence-corrected chi connectivity index (χ2v) is 7.85. The van der Waals surface area contributed by atoms with Gasteiger partial charge in [-0.05, 0) is 62.6 Å². The predicted octanol–water partition coefficient (Wildman–Crippen LogP) is 3.43. The molecule has 2 aliphatic heterocycles. The topological polar surface area (TPSA) is 71.1 Å². The number of carbonyl (C=O) groups excluding carboxylic acids is 2. The first-order valence-electron chi connectivity index (χ1n) is 10.8. The molecule has 2 amide bonds. The third kappa shape index (κ3) is 3.92. The highest BCUT2D eigenvalue weighted by atomic mass is 16.5. The van der Waals surface area contributed by atoms with Crippen molar-refractivity contribution in [1.29, 1.82) is 0 Å². The summed E-state index contributed by atoms with van der Waals surface area (Å²) in [7, 11) is 3.20. The summed E-state index contributed by atoms with van der Waals surface area (Å²) < 4.78 is 10.7. The van der Waals surface area contributed by atoms with Gasteiger partial charge in [0.1, 0.15) is 17.7 Å². The fourth-order valence-electron chi connectivity index (χ4n) is 4.56. The van der Waals surface area contributed by atoms with Gasteiger partial charge in [0, 0.05) is 30.8 Å². The molecule has 0 aromatic heterocycles. The van der Waals surface area contributed by atoms with Crippen LogP contribution in [0, 0.1) is 0 Å². The van der Waals surface area contributed by atoms with Crippen LogP contribution in [-0.4, -0.2) is 50.2 Å². The molecule has 2 aliphatic rings. The van der Waals surface area contributed by atoms with Gasteiger partial charge in [-0.2, -0.15) is 0 Å². The number of carbonyl (C=O) groups is 2. The predicted molar refractivity (Wildman–Crippen MR) is 119 cm³/mol. The van der Waals surface area contributed by atoms with Crippen LogP contribution >= 0.6 is 0 Å². The van der Waals surface area contributed by atoms with Crippen molar-refractivity contribution < 1.29 is 19.1 Å². The molecule has 4 rings (SSSR count). The number of methoxy groups -OCH3 is 2. The molecular weight excluding hydrogens is 394 g/mol. The molecule has 2 aromatic rings. The number of nitrogens with zero attached hydrogens (tertiary/aromatic N) is 2. The second-order valence-electron chi connectivity index (χ2n) is 7.85. The highest BCUT2D eigenvalue weighted by Crippen LogP contribution is 2.35. The SMILES string of the molecule is CCN1c2cc(C(=O)NCc3cc(OC)ccc3OC)ccc2C(=O)N2CCCC[C@H]21. The first-order chi connectivity index (χ1) is 15.1. The third-order valence-electron chi connectivity index (χ3n) is 6.16. The van der Waals surface area contributed by atoms with Crippen LogP contribution in [0.4, 0.5) is 5.69 Å². The third-order valence-corrected chi connectivity index (χ3v) is 6.16. The van der Waals surface area contributed by atoms with Crippen molar-refractivity contribution in [2.45, 2.75) is 38.9 Å². The van der Waals surface area contributed by atoms with Crippen molar-refractivity contribution >= 4 is 17.5 Å². The summed E-state index contributed by atoms with van der Waals surface area (Å²) in [6.45, 7) is 3.98. The van der Waals surface area contributed by atoms with Gasteiger partial charge >= 0.3 is 0 Å². The number of fused-ring (bicyclic) bond motifs is 2. The number of hydrogen-bond acceptors (Lipinski definition) is 5. The van der Waals surface area contributed by atoms with Crippen LogP contribution in [0.3, 0.4) is 0 Å². The van der Waals surface area contributed by atoms with Crippen molar-refractivity contribution in [3.05, 3.63) is 53.1 Å². The van der Waals surface area contributed by atoms with Crippen molar-refractivity contribution in [1.82, 2.24) is 10.2 Å². The Balaban J connectivity index is 1.56. The van der Waals surface area contributed by atoms with E-state index in [0.717, 1.165) is 43.6 Å². The molecule has 1 fully saturated rings. The fourth-order valence-corrected chi connectivity index (χ4v) is 4.56. The fraction of sp³-hybridized carbons (Fsp3) is 0.417. The highest BCUT2D eigenvalue weighted by molar-refractivity contribution is 6.04. The zero-order valence-corrected chi connectivity index (χ0v) is 18.3. The zero-order chi connectivity index (χ0) is 22.0. The van der Waals surface area contributed by atoms with Crippen LogP contribution < -0.4 is 19.7 Å². The van der Waals surface area contributed by atoms with Gasteiger partial charge in [0.15, 0.2) is 0 Å². The molecule has 0 bridgehead atoms. The van der Waals surface area contributed by atoms with E-state index in [2.05, 4.69) is 17.1 Å². The summed E-state index contributed by atoms with van der Waals surface area (Å²) in [5, 5.41) is 2.96. The van der Waals surface area contributed by atoms with E-state index in [1.165, 1.54) is 0 Å². The first-order valence-corrected chi connectivity index (χ1v) is 10.8. The monoisotopic (exact) mass is 423 g/mol. The minimum atomic E-state index is -0.192. The van der Waals surface area contributed by atoms with Crippen LogP contribution in [0.5, 0.6) is 11.5 Å². The normalized spacial score (nSPS) is 17.6. The van der Waals surface area contributed by atoms with Gasteiger partial charge in [-0.1, -0.05) is 0 Å². The van der Waals surface area contributed by atoms with Crippen molar-refractivity contribution in [3.63, 3.8) is 0 Å². The lowest BCUT2D eigenvalue weighted by Crippen LogP contribution is -2.57. The molecular formula is C24H29N3O4. The lowest BCUT2D eigenvalue weighted by molar-refractivity contribution is 0.0582. The summed E-state index contributed by atoms with van der Waals surface area (Å²) in [6, 6.07) is 10.8. The molecule has 0 aliphatic carbocycles. The molecule has 31 heavy (non-hydrogen) atoms. The van der Waals surface area contributed by atoms with Gasteiger partial charge in [-0.15, -0.1) is 0 Å². The minimum absolute atomic E-state index is 0.0671. The van der Waals surface area contributed by atoms with E-state index in [9.17, 15) is 9.59 Å². The quantitative estimate of drug-likeness (QED) is 0.771. The van der Waals surface area contributed by atoms with E-state index in [-0.39, 0.29) is 18.0 Å². The summed E-state index contributed by atoms with van der Waals surface area (Å²) >= 11 is 0. The summed E-state index contributed by atoms with van der Waals surface area (Å²) in [6.07, 6.45) is 3.20. The number of anilines is 1. The minimum Gasteiger partial charge on any atom is -0.497 e. The largest absolute Gasteiger partial charge is 0.497 e. The maximum atomic E-state index is 13.0. The van der Waals surface area contributed by atoms with Crippen LogP contribution in [0.2, 0.25) is 0 Å². The molecule has 164 valence electrons. The van der Waals surface area contributed by atoms with Gasteiger partial charge in [0.25, 0.3) is 11.8 Å². The van der Waals surface area contributed by atoms with Crippen LogP contribution in [0.15, 0.2) is 36.4 Å². The average molecular weight is 424 g/mol. The molecule has 1 atom stereocenters. The van der Waals surface area contributed by atoms with E-state index in [4.69, 9.17) is 9.47 Å². The Kier molecular flexibility index (Phi) is 6.02. The molecule has 0 spiro atoms. The lowest BCUT2D eigenvalue weighted by atomic mass is 9.97. The molecule has 0 unspecified atom stereocenters. The summed E-state index contributed by atoms with van der Waals surface area (Å²) in [5.74, 6) is 1.26. The summed E-state index contributed by atoms with van der Waals surface area (Å²) in [5.41, 5.74) is 2.89. The molecule has 0 radical (unpaired) electrons. The molecule has 2 heterocycles. The number of nitrogens with one attached hydrogen (secondary N) is 1. The Morgan fingerprint density at radius 1 is 1.13 bits per heavy atom. The smallest absolute Gasteiger partial charge is 0.257 e.